The van der Waals surface area contributed by atoms with E-state index in [4.69, 9.17) is 9.84 Å². The van der Waals surface area contributed by atoms with Gasteiger partial charge in [-0.3, -0.25) is 4.79 Å². The summed E-state index contributed by atoms with van der Waals surface area (Å²) in [7, 11) is 0. The zero-order chi connectivity index (χ0) is 12.3. The first kappa shape index (κ1) is 12.0. The maximum Gasteiger partial charge on any atom is 0.325 e. The van der Waals surface area contributed by atoms with Crippen molar-refractivity contribution in [2.75, 3.05) is 6.61 Å². The number of tetrazole rings is 1. The highest BCUT2D eigenvalue weighted by molar-refractivity contribution is 5.66. The average Bonchev–Trinajstić information content (AvgIpc) is 2.62. The quantitative estimate of drug-likeness (QED) is 0.759. The number of nitrogens with zero attached hydrogens (tertiary/aromatic N) is 4. The third-order valence-electron chi connectivity index (χ3n) is 2.96. The molecule has 0 bridgehead atoms. The van der Waals surface area contributed by atoms with E-state index >= 15 is 0 Å². The summed E-state index contributed by atoms with van der Waals surface area (Å²) in [5.74, 6) is 0.219. The first-order valence-corrected chi connectivity index (χ1v) is 5.77. The second-order valence-corrected chi connectivity index (χ2v) is 4.27. The van der Waals surface area contributed by atoms with Crippen LogP contribution in [0.15, 0.2) is 0 Å². The maximum absolute atomic E-state index is 10.6. The smallest absolute Gasteiger partial charge is 0.325 e. The molecule has 7 nitrogen and oxygen atoms in total. The normalized spacial score (nSPS) is 23.4. The third kappa shape index (κ3) is 3.00. The second kappa shape index (κ2) is 5.22. The lowest BCUT2D eigenvalue weighted by molar-refractivity contribution is -0.138. The van der Waals surface area contributed by atoms with Crippen LogP contribution in [-0.4, -0.2) is 44.0 Å². The number of ether oxygens (including phenoxy) is 1. The van der Waals surface area contributed by atoms with Crippen molar-refractivity contribution in [3.63, 3.8) is 0 Å². The van der Waals surface area contributed by atoms with Gasteiger partial charge in [0.25, 0.3) is 0 Å². The van der Waals surface area contributed by atoms with Crippen LogP contribution in [0.5, 0.6) is 0 Å². The Labute approximate surface area is 98.8 Å². The van der Waals surface area contributed by atoms with Crippen molar-refractivity contribution in [3.8, 4) is 0 Å². The number of carbonyl (C=O) groups is 1. The minimum atomic E-state index is -0.931. The molecule has 7 heteroatoms. The molecule has 0 saturated heterocycles. The molecule has 0 spiro atoms. The molecule has 0 unspecified atom stereocenters. The van der Waals surface area contributed by atoms with Gasteiger partial charge < -0.3 is 9.84 Å². The first-order valence-electron chi connectivity index (χ1n) is 5.77. The van der Waals surface area contributed by atoms with Crippen LogP contribution in [0, 0.1) is 5.92 Å². The summed E-state index contributed by atoms with van der Waals surface area (Å²) in [6, 6.07) is 0. The summed E-state index contributed by atoms with van der Waals surface area (Å²) in [5.41, 5.74) is 0. The molecule has 0 aliphatic heterocycles. The molecule has 1 aliphatic rings. The van der Waals surface area contributed by atoms with Gasteiger partial charge in [0.1, 0.15) is 6.54 Å². The molecule has 94 valence electrons. The number of aromatic nitrogens is 4. The van der Waals surface area contributed by atoms with Crippen molar-refractivity contribution < 1.29 is 14.6 Å². The van der Waals surface area contributed by atoms with E-state index < -0.39 is 5.97 Å². The van der Waals surface area contributed by atoms with Crippen molar-refractivity contribution in [3.05, 3.63) is 5.82 Å². The fourth-order valence-corrected chi connectivity index (χ4v) is 2.09. The van der Waals surface area contributed by atoms with Gasteiger partial charge in [-0.05, 0) is 36.1 Å². The van der Waals surface area contributed by atoms with Gasteiger partial charge in [0, 0.05) is 13.0 Å². The van der Waals surface area contributed by atoms with E-state index in [0.717, 1.165) is 25.9 Å². The van der Waals surface area contributed by atoms with Crippen molar-refractivity contribution in [1.82, 2.24) is 20.2 Å². The Bertz CT molecular complexity index is 387. The lowest BCUT2D eigenvalue weighted by Crippen LogP contribution is -2.33. The molecule has 1 aliphatic carbocycles. The van der Waals surface area contributed by atoms with E-state index in [0.29, 0.717) is 17.8 Å². The van der Waals surface area contributed by atoms with E-state index in [1.807, 2.05) is 6.92 Å². The van der Waals surface area contributed by atoms with Gasteiger partial charge >= 0.3 is 5.97 Å². The van der Waals surface area contributed by atoms with E-state index in [1.165, 1.54) is 4.68 Å². The highest BCUT2D eigenvalue weighted by atomic mass is 16.5. The number of carboxylic acids is 1. The molecular formula is C10H16N4O3. The Balaban J connectivity index is 1.84. The SMILES string of the molecule is CCOC1CC(Cc2nnnn2CC(=O)O)C1. The molecule has 1 N–H and O–H groups in total. The molecule has 0 amide bonds. The molecule has 0 radical (unpaired) electrons. The van der Waals surface area contributed by atoms with Gasteiger partial charge in [0.2, 0.25) is 0 Å². The first-order chi connectivity index (χ1) is 8.19. The molecule has 0 atom stereocenters. The molecule has 17 heavy (non-hydrogen) atoms. The van der Waals surface area contributed by atoms with E-state index in [2.05, 4.69) is 15.5 Å². The predicted molar refractivity (Wildman–Crippen MR) is 57.3 cm³/mol. The minimum absolute atomic E-state index is 0.177. The lowest BCUT2D eigenvalue weighted by atomic mass is 9.80. The molecule has 1 saturated carbocycles. The van der Waals surface area contributed by atoms with Crippen LogP contribution in [0.3, 0.4) is 0 Å². The van der Waals surface area contributed by atoms with Gasteiger partial charge in [0.15, 0.2) is 5.82 Å². The largest absolute Gasteiger partial charge is 0.480 e. The van der Waals surface area contributed by atoms with Crippen LogP contribution in [0.25, 0.3) is 0 Å². The summed E-state index contributed by atoms with van der Waals surface area (Å²) in [4.78, 5) is 10.6. The van der Waals surface area contributed by atoms with Crippen LogP contribution >= 0.6 is 0 Å². The van der Waals surface area contributed by atoms with Crippen molar-refractivity contribution in [2.45, 2.75) is 38.8 Å². The zero-order valence-electron chi connectivity index (χ0n) is 9.74. The van der Waals surface area contributed by atoms with Crippen molar-refractivity contribution in [1.29, 1.82) is 0 Å². The second-order valence-electron chi connectivity index (χ2n) is 4.27. The van der Waals surface area contributed by atoms with Crippen LogP contribution in [0.2, 0.25) is 0 Å². The Morgan fingerprint density at radius 1 is 1.59 bits per heavy atom. The summed E-state index contributed by atoms with van der Waals surface area (Å²) >= 11 is 0. The molecular weight excluding hydrogens is 224 g/mol. The van der Waals surface area contributed by atoms with Gasteiger partial charge in [0.05, 0.1) is 6.10 Å². The van der Waals surface area contributed by atoms with Crippen LogP contribution in [-0.2, 0) is 22.5 Å². The molecule has 1 aromatic rings. The Morgan fingerprint density at radius 3 is 3.00 bits per heavy atom. The monoisotopic (exact) mass is 240 g/mol. The summed E-state index contributed by atoms with van der Waals surface area (Å²) in [6.07, 6.45) is 3.10. The number of aliphatic carboxylic acids is 1. The molecule has 0 aromatic carbocycles. The van der Waals surface area contributed by atoms with Crippen LogP contribution < -0.4 is 0 Å². The van der Waals surface area contributed by atoms with E-state index in [9.17, 15) is 4.79 Å². The predicted octanol–water partition coefficient (Wildman–Crippen LogP) is 0.115. The summed E-state index contributed by atoms with van der Waals surface area (Å²) in [6.45, 7) is 2.55. The summed E-state index contributed by atoms with van der Waals surface area (Å²) < 4.78 is 6.81. The Morgan fingerprint density at radius 2 is 2.35 bits per heavy atom. The summed E-state index contributed by atoms with van der Waals surface area (Å²) in [5, 5.41) is 19.7. The van der Waals surface area contributed by atoms with Crippen LogP contribution in [0.1, 0.15) is 25.6 Å². The minimum Gasteiger partial charge on any atom is -0.480 e. The zero-order valence-corrected chi connectivity index (χ0v) is 9.74. The van der Waals surface area contributed by atoms with Gasteiger partial charge in [-0.15, -0.1) is 5.10 Å². The van der Waals surface area contributed by atoms with Gasteiger partial charge in [-0.1, -0.05) is 0 Å². The Kier molecular flexibility index (Phi) is 3.68. The van der Waals surface area contributed by atoms with Gasteiger partial charge in [-0.2, -0.15) is 0 Å². The standard InChI is InChI=1S/C10H16N4O3/c1-2-17-8-3-7(4-8)5-9-11-12-13-14(9)6-10(15)16/h7-8H,2-6H2,1H3,(H,15,16). The number of hydrogen-bond acceptors (Lipinski definition) is 5. The molecule has 1 aromatic heterocycles. The lowest BCUT2D eigenvalue weighted by Gasteiger charge is -2.34. The van der Waals surface area contributed by atoms with Gasteiger partial charge in [-0.25, -0.2) is 4.68 Å². The van der Waals surface area contributed by atoms with Crippen molar-refractivity contribution >= 4 is 5.97 Å². The number of hydrogen-bond donors (Lipinski definition) is 1. The maximum atomic E-state index is 10.6. The topological polar surface area (TPSA) is 90.1 Å². The molecule has 2 rings (SSSR count). The fourth-order valence-electron chi connectivity index (χ4n) is 2.09. The van der Waals surface area contributed by atoms with Crippen molar-refractivity contribution in [2.24, 2.45) is 5.92 Å². The van der Waals surface area contributed by atoms with E-state index in [1.54, 1.807) is 0 Å². The highest BCUT2D eigenvalue weighted by Crippen LogP contribution is 2.32. The molecule has 1 fully saturated rings. The number of rotatable bonds is 6. The third-order valence-corrected chi connectivity index (χ3v) is 2.96. The highest BCUT2D eigenvalue weighted by Gasteiger charge is 2.31. The Hall–Kier alpha value is -1.50. The number of carboxylic acid groups (broad SMARTS) is 1. The van der Waals surface area contributed by atoms with Crippen LogP contribution in [0.4, 0.5) is 0 Å². The van der Waals surface area contributed by atoms with E-state index in [-0.39, 0.29) is 6.54 Å². The average molecular weight is 240 g/mol. The fraction of sp³-hybridized carbons (Fsp3) is 0.800. The molecule has 1 heterocycles.